The predicted molar refractivity (Wildman–Crippen MR) is 175 cm³/mol. The van der Waals surface area contributed by atoms with E-state index in [0.717, 1.165) is 0 Å². The SMILES string of the molecule is CC(C)(C)c1ccc2[cH-]c3ccc(C(C)(C)C)cc3c2c1.CC1[C-]=CC(C(C)(C)C)=C1.C[C](=[Zr+2])c1ccccc1.[Cl-].[Cl-]. The van der Waals surface area contributed by atoms with E-state index in [-0.39, 0.29) is 35.6 Å². The first-order chi connectivity index (χ1) is 18.5. The molecule has 1 aliphatic carbocycles. The summed E-state index contributed by atoms with van der Waals surface area (Å²) in [5, 5.41) is 5.49. The molecule has 0 aliphatic heterocycles. The molecule has 0 aromatic heterocycles. The second-order valence-electron chi connectivity index (χ2n) is 14.2. The molecule has 0 bridgehead atoms. The summed E-state index contributed by atoms with van der Waals surface area (Å²) in [4.78, 5) is 0. The molecular weight excluding hydrogens is 631 g/mol. The number of hydrogen-bond donors (Lipinski definition) is 0. The van der Waals surface area contributed by atoms with Gasteiger partial charge < -0.3 is 24.8 Å². The van der Waals surface area contributed by atoms with Gasteiger partial charge in [0.05, 0.1) is 0 Å². The van der Waals surface area contributed by atoms with Crippen LogP contribution >= 0.6 is 0 Å². The summed E-state index contributed by atoms with van der Waals surface area (Å²) < 4.78 is 1.46. The Labute approximate surface area is 283 Å². The Balaban J connectivity index is 0.000000353. The maximum atomic E-state index is 3.26. The number of benzene rings is 3. The van der Waals surface area contributed by atoms with Crippen LogP contribution in [0.25, 0.3) is 21.5 Å². The molecule has 1 aliphatic rings. The predicted octanol–water partition coefficient (Wildman–Crippen LogP) is 5.06. The van der Waals surface area contributed by atoms with Crippen LogP contribution in [0, 0.1) is 17.4 Å². The van der Waals surface area contributed by atoms with Crippen molar-refractivity contribution in [2.24, 2.45) is 11.3 Å². The van der Waals surface area contributed by atoms with Crippen molar-refractivity contribution >= 4 is 24.8 Å². The quantitative estimate of drug-likeness (QED) is 0.247. The van der Waals surface area contributed by atoms with Crippen LogP contribution in [0.15, 0.2) is 90.5 Å². The molecule has 0 saturated carbocycles. The van der Waals surface area contributed by atoms with E-state index in [0.29, 0.717) is 11.3 Å². The maximum absolute atomic E-state index is 3.26. The molecule has 42 heavy (non-hydrogen) atoms. The van der Waals surface area contributed by atoms with Gasteiger partial charge in [0.25, 0.3) is 0 Å². The molecule has 0 radical (unpaired) electrons. The Kier molecular flexibility index (Phi) is 14.0. The van der Waals surface area contributed by atoms with E-state index in [2.05, 4.69) is 161 Å². The minimum Gasteiger partial charge on any atom is -1.00 e. The Hall–Kier alpha value is -1.66. The minimum atomic E-state index is 0. The van der Waals surface area contributed by atoms with Gasteiger partial charge >= 0.3 is 70.3 Å². The van der Waals surface area contributed by atoms with E-state index in [1.807, 2.05) is 6.07 Å². The zero-order valence-corrected chi connectivity index (χ0v) is 31.4. The number of rotatable bonds is 1. The Morgan fingerprint density at radius 1 is 0.690 bits per heavy atom. The summed E-state index contributed by atoms with van der Waals surface area (Å²) in [6.07, 6.45) is 7.65. The molecule has 0 fully saturated rings. The fourth-order valence-corrected chi connectivity index (χ4v) is 5.08. The van der Waals surface area contributed by atoms with Crippen LogP contribution in [0.4, 0.5) is 0 Å². The van der Waals surface area contributed by atoms with Crippen LogP contribution in [-0.4, -0.2) is 3.21 Å². The smallest absolute Gasteiger partial charge is 1.00 e. The normalized spacial score (nSPS) is 14.6. The molecule has 0 saturated heterocycles. The maximum Gasteiger partial charge on any atom is -1.00 e. The van der Waals surface area contributed by atoms with E-state index >= 15 is 0 Å². The third-order valence-electron chi connectivity index (χ3n) is 7.44. The van der Waals surface area contributed by atoms with Gasteiger partial charge in [-0.3, -0.25) is 6.08 Å². The molecule has 1 unspecified atom stereocenters. The second-order valence-corrected chi connectivity index (χ2v) is 16.1. The first kappa shape index (κ1) is 38.4. The molecule has 4 aromatic carbocycles. The monoisotopic (exact) mass is 676 g/mol. The number of allylic oxidation sites excluding steroid dienone is 4. The minimum absolute atomic E-state index is 0. The van der Waals surface area contributed by atoms with E-state index in [1.54, 1.807) is 0 Å². The molecule has 0 N–H and O–H groups in total. The second kappa shape index (κ2) is 15.4. The van der Waals surface area contributed by atoms with Crippen LogP contribution < -0.4 is 24.8 Å². The Morgan fingerprint density at radius 3 is 1.43 bits per heavy atom. The summed E-state index contributed by atoms with van der Waals surface area (Å²) in [6, 6.07) is 26.6. The molecule has 3 heteroatoms. The zero-order chi connectivity index (χ0) is 29.9. The zero-order valence-electron chi connectivity index (χ0n) is 27.4. The van der Waals surface area contributed by atoms with Gasteiger partial charge in [0.15, 0.2) is 0 Å². The molecule has 0 amide bonds. The molecule has 4 aromatic rings. The first-order valence-corrected chi connectivity index (χ1v) is 15.8. The number of fused-ring (bicyclic) bond motifs is 3. The fraction of sp³-hybridized carbons (Fsp3) is 0.385. The molecule has 0 nitrogen and oxygen atoms in total. The Bertz CT molecular complexity index is 1450. The first-order valence-electron chi connectivity index (χ1n) is 14.5. The summed E-state index contributed by atoms with van der Waals surface area (Å²) in [5.41, 5.74) is 6.29. The van der Waals surface area contributed by atoms with Gasteiger partial charge in [-0.25, -0.2) is 6.08 Å². The van der Waals surface area contributed by atoms with Crippen LogP contribution in [0.5, 0.6) is 0 Å². The van der Waals surface area contributed by atoms with Crippen molar-refractivity contribution in [3.8, 4) is 0 Å². The molecular formula is C39H48Cl2Zr-2. The number of halogens is 2. The third kappa shape index (κ3) is 10.5. The topological polar surface area (TPSA) is 0 Å². The van der Waals surface area contributed by atoms with Crippen LogP contribution in [0.2, 0.25) is 0 Å². The van der Waals surface area contributed by atoms with Crippen molar-refractivity contribution in [3.05, 3.63) is 113 Å². The van der Waals surface area contributed by atoms with Crippen LogP contribution in [0.1, 0.15) is 92.9 Å². The van der Waals surface area contributed by atoms with E-state index in [4.69, 9.17) is 0 Å². The number of hydrogen-bond acceptors (Lipinski definition) is 0. The average molecular weight is 679 g/mol. The molecule has 224 valence electrons. The van der Waals surface area contributed by atoms with Gasteiger partial charge in [-0.05, 0) is 10.8 Å². The summed E-state index contributed by atoms with van der Waals surface area (Å²) in [6.45, 7) is 24.7. The third-order valence-corrected chi connectivity index (χ3v) is 8.15. The standard InChI is InChI=1S/C21H25.C10H15.C8H8.2ClH.Zr/c1-20(2,3)16-9-7-14-11-15-8-10-17(21(4,5)6)13-19(15)18(14)12-16;1-8-5-6-9(7-8)10(2,3)4;1-2-8-6-4-3-5-7-8;;;/h7-13H,1-6H3;6-8H,1-4H3;3-7H,1H3;2*1H;/q2*-1;;;;+2/p-2. The summed E-state index contributed by atoms with van der Waals surface area (Å²) in [5.74, 6) is 0.522. The molecule has 0 heterocycles. The van der Waals surface area contributed by atoms with Crippen LogP contribution in [-0.2, 0) is 35.1 Å². The largest absolute Gasteiger partial charge is 1.00 e. The van der Waals surface area contributed by atoms with Gasteiger partial charge in [-0.15, -0.1) is 39.7 Å². The molecule has 0 spiro atoms. The van der Waals surface area contributed by atoms with E-state index < -0.39 is 0 Å². The van der Waals surface area contributed by atoms with Crippen molar-refractivity contribution in [2.75, 3.05) is 0 Å². The van der Waals surface area contributed by atoms with Crippen molar-refractivity contribution in [1.29, 1.82) is 0 Å². The Morgan fingerprint density at radius 2 is 1.14 bits per heavy atom. The van der Waals surface area contributed by atoms with Gasteiger partial charge in [0, 0.05) is 0 Å². The summed E-state index contributed by atoms with van der Waals surface area (Å²) in [7, 11) is 0. The van der Waals surface area contributed by atoms with Crippen molar-refractivity contribution in [1.82, 2.24) is 0 Å². The molecule has 5 rings (SSSR count). The molecule has 1 atom stereocenters. The van der Waals surface area contributed by atoms with Gasteiger partial charge in [-0.1, -0.05) is 116 Å². The van der Waals surface area contributed by atoms with Crippen molar-refractivity contribution in [2.45, 2.75) is 87.0 Å². The van der Waals surface area contributed by atoms with Gasteiger partial charge in [-0.2, -0.15) is 11.6 Å². The van der Waals surface area contributed by atoms with Crippen molar-refractivity contribution in [3.63, 3.8) is 0 Å². The van der Waals surface area contributed by atoms with Gasteiger partial charge in [0.2, 0.25) is 0 Å². The van der Waals surface area contributed by atoms with Crippen molar-refractivity contribution < 1.29 is 49.0 Å². The van der Waals surface area contributed by atoms with E-state index in [1.165, 1.54) is 71.2 Å². The van der Waals surface area contributed by atoms with Crippen LogP contribution in [0.3, 0.4) is 0 Å². The summed E-state index contributed by atoms with van der Waals surface area (Å²) >= 11 is 1.51. The van der Waals surface area contributed by atoms with E-state index in [9.17, 15) is 0 Å². The fourth-order valence-electron chi connectivity index (χ4n) is 4.67. The average Bonchev–Trinajstić information content (AvgIpc) is 3.47. The van der Waals surface area contributed by atoms with Gasteiger partial charge in [0.1, 0.15) is 0 Å².